The first kappa shape index (κ1) is 15.9. The van der Waals surface area contributed by atoms with Crippen molar-refractivity contribution in [2.24, 2.45) is 0 Å². The van der Waals surface area contributed by atoms with E-state index in [-0.39, 0.29) is 0 Å². The van der Waals surface area contributed by atoms with Crippen molar-refractivity contribution in [2.45, 2.75) is 20.4 Å². The van der Waals surface area contributed by atoms with Crippen LogP contribution in [0, 0.1) is 10.5 Å². The van der Waals surface area contributed by atoms with Crippen LogP contribution in [0.15, 0.2) is 36.4 Å². The van der Waals surface area contributed by atoms with E-state index < -0.39 is 0 Å². The molecule has 4 heteroatoms. The van der Waals surface area contributed by atoms with E-state index in [1.165, 1.54) is 11.1 Å². The van der Waals surface area contributed by atoms with Crippen LogP contribution in [0.3, 0.4) is 0 Å². The van der Waals surface area contributed by atoms with Crippen LogP contribution >= 0.6 is 22.6 Å². The largest absolute Gasteiger partial charge is 0.493 e. The van der Waals surface area contributed by atoms with Crippen molar-refractivity contribution < 1.29 is 9.47 Å². The zero-order chi connectivity index (χ0) is 15.2. The molecule has 21 heavy (non-hydrogen) atoms. The summed E-state index contributed by atoms with van der Waals surface area (Å²) in [6.07, 6.45) is 0. The zero-order valence-electron chi connectivity index (χ0n) is 12.6. The molecule has 1 N–H and O–H groups in total. The fraction of sp³-hybridized carbons (Fsp3) is 0.294. The molecule has 0 bridgehead atoms. The summed E-state index contributed by atoms with van der Waals surface area (Å²) in [5.41, 5.74) is 3.54. The smallest absolute Gasteiger partial charge is 0.174 e. The minimum atomic E-state index is 0.632. The molecule has 2 rings (SSSR count). The third-order valence-electron chi connectivity index (χ3n) is 3.09. The molecule has 0 fully saturated rings. The Labute approximate surface area is 139 Å². The van der Waals surface area contributed by atoms with Gasteiger partial charge in [-0.05, 0) is 71.8 Å². The Morgan fingerprint density at radius 1 is 1.19 bits per heavy atom. The molecular formula is C17H20INO2. The lowest BCUT2D eigenvalue weighted by Gasteiger charge is -2.14. The van der Waals surface area contributed by atoms with Gasteiger partial charge in [-0.25, -0.2) is 0 Å². The van der Waals surface area contributed by atoms with Crippen LogP contribution in [0.2, 0.25) is 0 Å². The van der Waals surface area contributed by atoms with E-state index in [0.717, 1.165) is 27.3 Å². The van der Waals surface area contributed by atoms with Crippen molar-refractivity contribution in [3.8, 4) is 11.5 Å². The number of anilines is 1. The van der Waals surface area contributed by atoms with Crippen molar-refractivity contribution in [1.82, 2.24) is 0 Å². The van der Waals surface area contributed by atoms with Gasteiger partial charge in [0.05, 0.1) is 17.3 Å². The average molecular weight is 397 g/mol. The predicted octanol–water partition coefficient (Wildman–Crippen LogP) is 4.62. The van der Waals surface area contributed by atoms with Gasteiger partial charge in [0.15, 0.2) is 11.5 Å². The SMILES string of the molecule is CCOc1c(I)cc(CNc2cccc(C)c2)cc1OC. The minimum absolute atomic E-state index is 0.632. The summed E-state index contributed by atoms with van der Waals surface area (Å²) in [5, 5.41) is 3.43. The van der Waals surface area contributed by atoms with E-state index in [1.807, 2.05) is 13.0 Å². The normalized spacial score (nSPS) is 10.3. The Morgan fingerprint density at radius 2 is 2.00 bits per heavy atom. The van der Waals surface area contributed by atoms with Crippen molar-refractivity contribution in [3.05, 3.63) is 51.1 Å². The summed E-state index contributed by atoms with van der Waals surface area (Å²) < 4.78 is 12.1. The first-order chi connectivity index (χ1) is 10.1. The van der Waals surface area contributed by atoms with Crippen molar-refractivity contribution in [2.75, 3.05) is 19.0 Å². The van der Waals surface area contributed by atoms with Gasteiger partial charge in [-0.3, -0.25) is 0 Å². The van der Waals surface area contributed by atoms with Crippen LogP contribution < -0.4 is 14.8 Å². The minimum Gasteiger partial charge on any atom is -0.493 e. The maximum atomic E-state index is 5.64. The van der Waals surface area contributed by atoms with Gasteiger partial charge in [-0.2, -0.15) is 0 Å². The molecule has 0 saturated carbocycles. The maximum absolute atomic E-state index is 5.64. The maximum Gasteiger partial charge on any atom is 0.174 e. The topological polar surface area (TPSA) is 30.5 Å². The molecule has 0 aliphatic carbocycles. The lowest BCUT2D eigenvalue weighted by Crippen LogP contribution is -2.03. The molecule has 0 amide bonds. The van der Waals surface area contributed by atoms with E-state index in [2.05, 4.69) is 65.2 Å². The molecule has 0 radical (unpaired) electrons. The van der Waals surface area contributed by atoms with E-state index in [0.29, 0.717) is 6.61 Å². The van der Waals surface area contributed by atoms with Gasteiger partial charge < -0.3 is 14.8 Å². The molecule has 2 aromatic rings. The Balaban J connectivity index is 2.15. The average Bonchev–Trinajstić information content (AvgIpc) is 2.47. The Bertz CT molecular complexity index is 614. The number of benzene rings is 2. The van der Waals surface area contributed by atoms with E-state index in [4.69, 9.17) is 9.47 Å². The van der Waals surface area contributed by atoms with Gasteiger partial charge in [0.25, 0.3) is 0 Å². The molecule has 112 valence electrons. The van der Waals surface area contributed by atoms with Gasteiger partial charge in [0.1, 0.15) is 0 Å². The number of rotatable bonds is 6. The number of aryl methyl sites for hydroxylation is 1. The van der Waals surface area contributed by atoms with Crippen LogP contribution in [0.25, 0.3) is 0 Å². The zero-order valence-corrected chi connectivity index (χ0v) is 14.7. The van der Waals surface area contributed by atoms with Gasteiger partial charge >= 0.3 is 0 Å². The van der Waals surface area contributed by atoms with E-state index in [9.17, 15) is 0 Å². The Morgan fingerprint density at radius 3 is 2.67 bits per heavy atom. The molecule has 0 aromatic heterocycles. The molecule has 0 spiro atoms. The Kier molecular flexibility index (Phi) is 5.73. The quantitative estimate of drug-likeness (QED) is 0.722. The van der Waals surface area contributed by atoms with Gasteiger partial charge in [-0.1, -0.05) is 12.1 Å². The second-order valence-electron chi connectivity index (χ2n) is 4.77. The molecule has 2 aromatic carbocycles. The van der Waals surface area contributed by atoms with Crippen LogP contribution in [-0.2, 0) is 6.54 Å². The van der Waals surface area contributed by atoms with E-state index in [1.54, 1.807) is 7.11 Å². The predicted molar refractivity (Wildman–Crippen MR) is 95.4 cm³/mol. The summed E-state index contributed by atoms with van der Waals surface area (Å²) in [4.78, 5) is 0. The summed E-state index contributed by atoms with van der Waals surface area (Å²) in [6, 6.07) is 12.5. The Hall–Kier alpha value is -1.43. The third-order valence-corrected chi connectivity index (χ3v) is 3.89. The number of nitrogens with one attached hydrogen (secondary N) is 1. The molecule has 0 heterocycles. The molecule has 3 nitrogen and oxygen atoms in total. The van der Waals surface area contributed by atoms with Gasteiger partial charge in [0, 0.05) is 12.2 Å². The van der Waals surface area contributed by atoms with Gasteiger partial charge in [-0.15, -0.1) is 0 Å². The summed E-state index contributed by atoms with van der Waals surface area (Å²) >= 11 is 2.29. The van der Waals surface area contributed by atoms with Gasteiger partial charge in [0.2, 0.25) is 0 Å². The summed E-state index contributed by atoms with van der Waals surface area (Å²) in [7, 11) is 1.67. The van der Waals surface area contributed by atoms with Crippen molar-refractivity contribution in [3.63, 3.8) is 0 Å². The van der Waals surface area contributed by atoms with Crippen LogP contribution in [0.5, 0.6) is 11.5 Å². The highest BCUT2D eigenvalue weighted by atomic mass is 127. The first-order valence-corrected chi connectivity index (χ1v) is 8.01. The molecule has 0 atom stereocenters. The molecule has 0 aliphatic rings. The van der Waals surface area contributed by atoms with E-state index >= 15 is 0 Å². The number of hydrogen-bond acceptors (Lipinski definition) is 3. The fourth-order valence-corrected chi connectivity index (χ4v) is 2.94. The molecule has 0 unspecified atom stereocenters. The lowest BCUT2D eigenvalue weighted by atomic mass is 10.2. The molecule has 0 saturated heterocycles. The second-order valence-corrected chi connectivity index (χ2v) is 5.93. The second kappa shape index (κ2) is 7.54. The fourth-order valence-electron chi connectivity index (χ4n) is 2.12. The lowest BCUT2D eigenvalue weighted by molar-refractivity contribution is 0.308. The highest BCUT2D eigenvalue weighted by molar-refractivity contribution is 14.1. The number of halogens is 1. The van der Waals surface area contributed by atoms with Crippen molar-refractivity contribution in [1.29, 1.82) is 0 Å². The van der Waals surface area contributed by atoms with Crippen LogP contribution in [0.1, 0.15) is 18.1 Å². The summed E-state index contributed by atoms with van der Waals surface area (Å²) in [6.45, 7) is 5.45. The first-order valence-electron chi connectivity index (χ1n) is 6.93. The number of ether oxygens (including phenoxy) is 2. The third kappa shape index (κ3) is 4.27. The molecular weight excluding hydrogens is 377 g/mol. The number of hydrogen-bond donors (Lipinski definition) is 1. The highest BCUT2D eigenvalue weighted by Gasteiger charge is 2.11. The standard InChI is InChI=1S/C17H20INO2/c1-4-21-17-15(18)9-13(10-16(17)20-3)11-19-14-7-5-6-12(2)8-14/h5-10,19H,4,11H2,1-3H3. The summed E-state index contributed by atoms with van der Waals surface area (Å²) in [5.74, 6) is 1.60. The van der Waals surface area contributed by atoms with Crippen LogP contribution in [-0.4, -0.2) is 13.7 Å². The number of methoxy groups -OCH3 is 1. The van der Waals surface area contributed by atoms with Crippen molar-refractivity contribution >= 4 is 28.3 Å². The monoisotopic (exact) mass is 397 g/mol. The van der Waals surface area contributed by atoms with Crippen LogP contribution in [0.4, 0.5) is 5.69 Å². The molecule has 0 aliphatic heterocycles. The highest BCUT2D eigenvalue weighted by Crippen LogP contribution is 2.34.